The molecule has 1 aliphatic rings. The fraction of sp³-hybridized carbons (Fsp3) is 0.533. The van der Waals surface area contributed by atoms with E-state index in [9.17, 15) is 0 Å². The maximum Gasteiger partial charge on any atom is 0.196 e. The van der Waals surface area contributed by atoms with E-state index >= 15 is 0 Å². The minimum absolute atomic E-state index is 0.779. The second-order valence-electron chi connectivity index (χ2n) is 5.19. The third kappa shape index (κ3) is 5.15. The number of hydrogen-bond donors (Lipinski definition) is 2. The maximum atomic E-state index is 4.55. The summed E-state index contributed by atoms with van der Waals surface area (Å²) in [6, 6.07) is 8.49. The van der Waals surface area contributed by atoms with Crippen molar-refractivity contribution in [2.45, 2.75) is 31.6 Å². The van der Waals surface area contributed by atoms with E-state index in [0.717, 1.165) is 37.1 Å². The molecule has 0 saturated carbocycles. The quantitative estimate of drug-likeness (QED) is 0.810. The topological polar surface area (TPSA) is 36.4 Å². The van der Waals surface area contributed by atoms with Gasteiger partial charge in [-0.15, -0.1) is 11.8 Å². The van der Waals surface area contributed by atoms with E-state index in [1.165, 1.54) is 17.1 Å². The van der Waals surface area contributed by atoms with E-state index in [1.54, 1.807) is 0 Å². The normalized spacial score (nSPS) is 15.0. The number of guanidine groups is 1. The molecule has 2 rings (SSSR count). The highest BCUT2D eigenvalue weighted by atomic mass is 32.2. The highest BCUT2D eigenvalue weighted by Gasteiger charge is 2.04. The summed E-state index contributed by atoms with van der Waals surface area (Å²) in [7, 11) is 0. The lowest BCUT2D eigenvalue weighted by molar-refractivity contribution is 0.632. The van der Waals surface area contributed by atoms with Gasteiger partial charge in [0.15, 0.2) is 5.96 Å². The van der Waals surface area contributed by atoms with Gasteiger partial charge < -0.3 is 10.6 Å². The lowest BCUT2D eigenvalue weighted by atomic mass is 10.2. The van der Waals surface area contributed by atoms with Crippen molar-refractivity contribution in [2.75, 3.05) is 18.8 Å². The van der Waals surface area contributed by atoms with E-state index in [0.29, 0.717) is 0 Å². The first-order valence-corrected chi connectivity index (χ1v) is 8.02. The number of benzene rings is 1. The first-order valence-electron chi connectivity index (χ1n) is 7.03. The van der Waals surface area contributed by atoms with E-state index in [2.05, 4.69) is 53.7 Å². The fourth-order valence-corrected chi connectivity index (χ4v) is 2.96. The van der Waals surface area contributed by atoms with Crippen LogP contribution in [0.25, 0.3) is 0 Å². The van der Waals surface area contributed by atoms with Crippen molar-refractivity contribution in [2.24, 2.45) is 10.9 Å². The van der Waals surface area contributed by atoms with Crippen molar-refractivity contribution in [1.29, 1.82) is 0 Å². The van der Waals surface area contributed by atoms with Crippen LogP contribution in [0.4, 0.5) is 5.69 Å². The van der Waals surface area contributed by atoms with Gasteiger partial charge in [0.1, 0.15) is 0 Å². The number of nitrogens with one attached hydrogen (secondary N) is 2. The van der Waals surface area contributed by atoms with Gasteiger partial charge in [-0.1, -0.05) is 13.8 Å². The van der Waals surface area contributed by atoms with Gasteiger partial charge in [-0.2, -0.15) is 0 Å². The molecule has 1 fully saturated rings. The first kappa shape index (κ1) is 14.3. The monoisotopic (exact) mass is 277 g/mol. The zero-order valence-corrected chi connectivity index (χ0v) is 12.6. The predicted octanol–water partition coefficient (Wildman–Crippen LogP) is 3.40. The number of thioether (sulfide) groups is 1. The molecule has 4 heteroatoms. The molecule has 0 spiro atoms. The van der Waals surface area contributed by atoms with Crippen LogP contribution in [0.3, 0.4) is 0 Å². The van der Waals surface area contributed by atoms with Crippen molar-refractivity contribution >= 4 is 23.4 Å². The van der Waals surface area contributed by atoms with Crippen LogP contribution in [0.1, 0.15) is 26.7 Å². The molecular formula is C15H23N3S. The molecular weight excluding hydrogens is 254 g/mol. The summed E-state index contributed by atoms with van der Waals surface area (Å²) < 4.78 is 0. The van der Waals surface area contributed by atoms with Gasteiger partial charge in [0.2, 0.25) is 0 Å². The predicted molar refractivity (Wildman–Crippen MR) is 84.3 cm³/mol. The van der Waals surface area contributed by atoms with Crippen LogP contribution in [0, 0.1) is 5.92 Å². The van der Waals surface area contributed by atoms with Crippen LogP contribution in [-0.4, -0.2) is 24.8 Å². The van der Waals surface area contributed by atoms with E-state index in [1.807, 2.05) is 11.8 Å². The third-order valence-electron chi connectivity index (χ3n) is 2.98. The Hall–Kier alpha value is -1.16. The molecule has 2 N–H and O–H groups in total. The smallest absolute Gasteiger partial charge is 0.196 e. The molecule has 1 saturated heterocycles. The van der Waals surface area contributed by atoms with Crippen molar-refractivity contribution in [3.05, 3.63) is 24.3 Å². The molecule has 0 aliphatic carbocycles. The summed E-state index contributed by atoms with van der Waals surface area (Å²) in [5.74, 6) is 2.86. The molecule has 0 amide bonds. The molecule has 0 unspecified atom stereocenters. The summed E-state index contributed by atoms with van der Waals surface area (Å²) in [4.78, 5) is 5.88. The Labute approximate surface area is 120 Å². The molecule has 1 aromatic rings. The number of hydrogen-bond acceptors (Lipinski definition) is 2. The Balaban J connectivity index is 1.87. The number of nitrogens with zero attached hydrogens (tertiary/aromatic N) is 1. The zero-order valence-electron chi connectivity index (χ0n) is 11.8. The second kappa shape index (κ2) is 7.43. The van der Waals surface area contributed by atoms with Gasteiger partial charge >= 0.3 is 0 Å². The lowest BCUT2D eigenvalue weighted by Crippen LogP contribution is -2.43. The largest absolute Gasteiger partial charge is 0.356 e. The highest BCUT2D eigenvalue weighted by molar-refractivity contribution is 7.99. The summed E-state index contributed by atoms with van der Waals surface area (Å²) in [5.41, 5.74) is 1.00. The van der Waals surface area contributed by atoms with Crippen LogP contribution in [0.2, 0.25) is 0 Å². The highest BCUT2D eigenvalue weighted by Crippen LogP contribution is 2.23. The summed E-state index contributed by atoms with van der Waals surface area (Å²) in [5, 5.41) is 6.53. The van der Waals surface area contributed by atoms with Gasteiger partial charge in [-0.25, -0.2) is 4.99 Å². The van der Waals surface area contributed by atoms with Crippen LogP contribution in [-0.2, 0) is 0 Å². The second-order valence-corrected chi connectivity index (χ2v) is 6.36. The van der Waals surface area contributed by atoms with Gasteiger partial charge in [-0.05, 0) is 48.8 Å². The van der Waals surface area contributed by atoms with Crippen LogP contribution < -0.4 is 10.6 Å². The molecule has 19 heavy (non-hydrogen) atoms. The van der Waals surface area contributed by atoms with Crippen molar-refractivity contribution in [1.82, 2.24) is 10.6 Å². The summed E-state index contributed by atoms with van der Waals surface area (Å²) in [6.45, 7) is 6.55. The number of aliphatic imine (C=N–C) groups is 1. The van der Waals surface area contributed by atoms with Crippen molar-refractivity contribution < 1.29 is 0 Å². The van der Waals surface area contributed by atoms with E-state index in [-0.39, 0.29) is 0 Å². The van der Waals surface area contributed by atoms with Gasteiger partial charge in [-0.3, -0.25) is 0 Å². The molecule has 0 aromatic heterocycles. The summed E-state index contributed by atoms with van der Waals surface area (Å²) in [6.07, 6.45) is 2.42. The Morgan fingerprint density at radius 3 is 2.47 bits per heavy atom. The van der Waals surface area contributed by atoms with Gasteiger partial charge in [0.25, 0.3) is 0 Å². The molecule has 0 radical (unpaired) electrons. The average Bonchev–Trinajstić information content (AvgIpc) is 2.42. The molecule has 0 atom stereocenters. The molecule has 104 valence electrons. The van der Waals surface area contributed by atoms with E-state index in [4.69, 9.17) is 0 Å². The van der Waals surface area contributed by atoms with E-state index < -0.39 is 0 Å². The lowest BCUT2D eigenvalue weighted by Gasteiger charge is -2.17. The Morgan fingerprint density at radius 1 is 1.16 bits per heavy atom. The van der Waals surface area contributed by atoms with Crippen LogP contribution >= 0.6 is 11.8 Å². The minimum atomic E-state index is 0.779. The van der Waals surface area contributed by atoms with Crippen LogP contribution in [0.5, 0.6) is 0 Å². The molecule has 1 heterocycles. The van der Waals surface area contributed by atoms with Gasteiger partial charge in [0.05, 0.1) is 5.69 Å². The standard InChI is InChI=1S/C15H23N3S/c1-12(2)8-11-19-14-6-4-13(5-7-14)18-15-16-9-3-10-17-15/h4-7,12H,3,8-11H2,1-2H3,(H2,16,17,18). The summed E-state index contributed by atoms with van der Waals surface area (Å²) >= 11 is 1.92. The third-order valence-corrected chi connectivity index (χ3v) is 4.03. The minimum Gasteiger partial charge on any atom is -0.356 e. The SMILES string of the molecule is CC(C)CCSc1ccc(N=C2NCCCN2)cc1. The van der Waals surface area contributed by atoms with Gasteiger partial charge in [0, 0.05) is 18.0 Å². The van der Waals surface area contributed by atoms with Crippen LogP contribution in [0.15, 0.2) is 34.2 Å². The Morgan fingerprint density at radius 2 is 1.84 bits per heavy atom. The molecule has 1 aromatic carbocycles. The zero-order chi connectivity index (χ0) is 13.5. The first-order chi connectivity index (χ1) is 9.24. The molecule has 0 bridgehead atoms. The Kier molecular flexibility index (Phi) is 5.58. The molecule has 1 aliphatic heterocycles. The molecule has 3 nitrogen and oxygen atoms in total. The Bertz CT molecular complexity index is 404. The average molecular weight is 277 g/mol. The van der Waals surface area contributed by atoms with Crippen molar-refractivity contribution in [3.63, 3.8) is 0 Å². The fourth-order valence-electron chi connectivity index (χ4n) is 1.80. The maximum absolute atomic E-state index is 4.55. The number of rotatable bonds is 5. The van der Waals surface area contributed by atoms with Crippen molar-refractivity contribution in [3.8, 4) is 0 Å².